The summed E-state index contributed by atoms with van der Waals surface area (Å²) in [4.78, 5) is 41.8. The third-order valence-corrected chi connectivity index (χ3v) is 6.74. The first kappa shape index (κ1) is 19.7. The fourth-order valence-corrected chi connectivity index (χ4v) is 5.48. The number of methoxy groups -OCH3 is 1. The van der Waals surface area contributed by atoms with Crippen molar-refractivity contribution in [2.75, 3.05) is 12.0 Å². The van der Waals surface area contributed by atoms with Crippen molar-refractivity contribution in [2.45, 2.75) is 31.3 Å². The van der Waals surface area contributed by atoms with Gasteiger partial charge in [0.1, 0.15) is 11.4 Å². The molecule has 4 atom stereocenters. The molecular weight excluding hydrogens is 395 g/mol. The molecule has 3 heterocycles. The van der Waals surface area contributed by atoms with Gasteiger partial charge < -0.3 is 4.74 Å². The summed E-state index contributed by atoms with van der Waals surface area (Å²) in [7, 11) is 1.29. The van der Waals surface area contributed by atoms with Crippen molar-refractivity contribution < 1.29 is 23.5 Å². The molecule has 6 nitrogen and oxygen atoms in total. The zero-order valence-electron chi connectivity index (χ0n) is 16.1. The molecule has 0 spiro atoms. The number of benzene rings is 1. The van der Waals surface area contributed by atoms with Crippen molar-refractivity contribution >= 4 is 34.8 Å². The topological polar surface area (TPSA) is 75.7 Å². The highest BCUT2D eigenvalue weighted by molar-refractivity contribution is 7.10. The molecule has 4 rings (SSSR count). The highest BCUT2D eigenvalue weighted by Crippen LogP contribution is 2.52. The number of thiophene rings is 1. The summed E-state index contributed by atoms with van der Waals surface area (Å²) in [6.45, 7) is 1.92. The Hall–Kier alpha value is -2.58. The summed E-state index contributed by atoms with van der Waals surface area (Å²) < 4.78 is 18.4. The van der Waals surface area contributed by atoms with Crippen LogP contribution in [0.5, 0.6) is 0 Å². The minimum absolute atomic E-state index is 0.302. The third-order valence-electron chi connectivity index (χ3n) is 5.78. The monoisotopic (exact) mass is 416 g/mol. The first-order valence-electron chi connectivity index (χ1n) is 9.47. The minimum atomic E-state index is -1.29. The number of hydrogen-bond acceptors (Lipinski definition) is 6. The SMILES string of the molecule is CCC[C@]1(C(=O)OC)N[C@@H](c2cccs2)[C@H]2C(=O)N(c3ccc(F)cc3)C(=O)[C@@H]21. The zero-order chi connectivity index (χ0) is 20.8. The maximum Gasteiger partial charge on any atom is 0.326 e. The molecule has 2 aromatic rings. The van der Waals surface area contributed by atoms with Gasteiger partial charge in [0, 0.05) is 4.88 Å². The van der Waals surface area contributed by atoms with E-state index in [0.717, 1.165) is 9.78 Å². The van der Waals surface area contributed by atoms with Crippen molar-refractivity contribution in [3.05, 3.63) is 52.5 Å². The van der Waals surface area contributed by atoms with Gasteiger partial charge >= 0.3 is 5.97 Å². The van der Waals surface area contributed by atoms with Gasteiger partial charge in [-0.2, -0.15) is 0 Å². The van der Waals surface area contributed by atoms with E-state index in [9.17, 15) is 18.8 Å². The lowest BCUT2D eigenvalue weighted by Gasteiger charge is -2.32. The van der Waals surface area contributed by atoms with E-state index in [1.807, 2.05) is 24.4 Å². The van der Waals surface area contributed by atoms with Crippen LogP contribution in [-0.4, -0.2) is 30.4 Å². The fourth-order valence-electron chi connectivity index (χ4n) is 4.66. The molecule has 2 saturated heterocycles. The molecule has 0 bridgehead atoms. The van der Waals surface area contributed by atoms with E-state index >= 15 is 0 Å². The second-order valence-corrected chi connectivity index (χ2v) is 8.32. The first-order valence-corrected chi connectivity index (χ1v) is 10.4. The summed E-state index contributed by atoms with van der Waals surface area (Å²) in [5.41, 5.74) is -0.986. The Morgan fingerprint density at radius 2 is 1.97 bits per heavy atom. The van der Waals surface area contributed by atoms with E-state index in [4.69, 9.17) is 4.74 Å². The molecule has 0 unspecified atom stereocenters. The van der Waals surface area contributed by atoms with Gasteiger partial charge in [0.05, 0.1) is 30.7 Å². The van der Waals surface area contributed by atoms with Crippen LogP contribution in [0, 0.1) is 17.7 Å². The predicted octanol–water partition coefficient (Wildman–Crippen LogP) is 3.05. The van der Waals surface area contributed by atoms with Crippen LogP contribution in [0.15, 0.2) is 41.8 Å². The summed E-state index contributed by atoms with van der Waals surface area (Å²) in [6, 6.07) is 8.49. The van der Waals surface area contributed by atoms with E-state index in [0.29, 0.717) is 18.5 Å². The Morgan fingerprint density at radius 1 is 1.24 bits per heavy atom. The smallest absolute Gasteiger partial charge is 0.326 e. The molecule has 1 N–H and O–H groups in total. The molecule has 2 aliphatic rings. The first-order chi connectivity index (χ1) is 13.9. The standard InChI is InChI=1S/C21H21FN2O4S/c1-3-10-21(20(27)28-2)16-15(17(23-21)14-5-4-11-29-14)18(25)24(19(16)26)13-8-6-12(22)7-9-13/h4-9,11,15-17,23H,3,10H2,1-2H3/t15-,16+,17-,21-/m0/s1. The summed E-state index contributed by atoms with van der Waals surface area (Å²) in [5.74, 6) is -3.48. The predicted molar refractivity (Wildman–Crippen MR) is 106 cm³/mol. The number of hydrogen-bond donors (Lipinski definition) is 1. The van der Waals surface area contributed by atoms with Crippen molar-refractivity contribution in [3.8, 4) is 0 Å². The summed E-state index contributed by atoms with van der Waals surface area (Å²) in [6.07, 6.45) is 0.986. The number of rotatable bonds is 5. The number of fused-ring (bicyclic) bond motifs is 1. The van der Waals surface area contributed by atoms with Crippen LogP contribution in [0.1, 0.15) is 30.7 Å². The zero-order valence-corrected chi connectivity index (χ0v) is 16.9. The van der Waals surface area contributed by atoms with E-state index in [1.54, 1.807) is 0 Å². The number of nitrogens with zero attached hydrogens (tertiary/aromatic N) is 1. The molecule has 2 amide bonds. The second-order valence-electron chi connectivity index (χ2n) is 7.34. The Bertz CT molecular complexity index is 946. The van der Waals surface area contributed by atoms with E-state index in [1.165, 1.54) is 42.7 Å². The van der Waals surface area contributed by atoms with Crippen molar-refractivity contribution in [2.24, 2.45) is 11.8 Å². The maximum absolute atomic E-state index is 13.5. The third kappa shape index (κ3) is 2.89. The molecule has 0 radical (unpaired) electrons. The van der Waals surface area contributed by atoms with Gasteiger partial charge in [-0.25, -0.2) is 9.29 Å². The number of esters is 1. The van der Waals surface area contributed by atoms with Crippen LogP contribution in [-0.2, 0) is 19.1 Å². The maximum atomic E-state index is 13.5. The molecule has 1 aromatic carbocycles. The fraction of sp³-hybridized carbons (Fsp3) is 0.381. The lowest BCUT2D eigenvalue weighted by atomic mass is 9.77. The minimum Gasteiger partial charge on any atom is -0.468 e. The van der Waals surface area contributed by atoms with Gasteiger partial charge in [0.15, 0.2) is 0 Å². The van der Waals surface area contributed by atoms with Crippen LogP contribution >= 0.6 is 11.3 Å². The number of anilines is 1. The molecular formula is C21H21FN2O4S. The molecule has 2 aliphatic heterocycles. The van der Waals surface area contributed by atoms with Crippen LogP contribution in [0.3, 0.4) is 0 Å². The Labute approximate surface area is 171 Å². The van der Waals surface area contributed by atoms with Crippen LogP contribution in [0.2, 0.25) is 0 Å². The highest BCUT2D eigenvalue weighted by Gasteiger charge is 2.68. The highest BCUT2D eigenvalue weighted by atomic mass is 32.1. The number of carbonyl (C=O) groups excluding carboxylic acids is 3. The summed E-state index contributed by atoms with van der Waals surface area (Å²) >= 11 is 1.46. The van der Waals surface area contributed by atoms with E-state index < -0.39 is 41.1 Å². The van der Waals surface area contributed by atoms with E-state index in [2.05, 4.69) is 5.32 Å². The average molecular weight is 416 g/mol. The quantitative estimate of drug-likeness (QED) is 0.599. The Balaban J connectivity index is 1.84. The van der Waals surface area contributed by atoms with Crippen molar-refractivity contribution in [3.63, 3.8) is 0 Å². The van der Waals surface area contributed by atoms with Gasteiger partial charge in [-0.05, 0) is 42.1 Å². The average Bonchev–Trinajstić information content (AvgIpc) is 3.41. The largest absolute Gasteiger partial charge is 0.468 e. The molecule has 29 heavy (non-hydrogen) atoms. The van der Waals surface area contributed by atoms with Crippen LogP contribution < -0.4 is 10.2 Å². The van der Waals surface area contributed by atoms with Gasteiger partial charge in [0.25, 0.3) is 0 Å². The van der Waals surface area contributed by atoms with Crippen molar-refractivity contribution in [1.29, 1.82) is 0 Å². The summed E-state index contributed by atoms with van der Waals surface area (Å²) in [5, 5.41) is 5.20. The number of ether oxygens (including phenoxy) is 1. The molecule has 8 heteroatoms. The Morgan fingerprint density at radius 3 is 2.55 bits per heavy atom. The van der Waals surface area contributed by atoms with Crippen molar-refractivity contribution in [1.82, 2.24) is 5.32 Å². The van der Waals surface area contributed by atoms with E-state index in [-0.39, 0.29) is 5.91 Å². The molecule has 1 aromatic heterocycles. The second kappa shape index (κ2) is 7.35. The van der Waals surface area contributed by atoms with Gasteiger partial charge in [0.2, 0.25) is 11.8 Å². The normalized spacial score (nSPS) is 28.7. The molecule has 152 valence electrons. The molecule has 0 saturated carbocycles. The molecule has 2 fully saturated rings. The van der Waals surface area contributed by atoms with Gasteiger partial charge in [-0.1, -0.05) is 19.4 Å². The number of amides is 2. The lowest BCUT2D eigenvalue weighted by Crippen LogP contribution is -2.56. The number of imide groups is 1. The number of carbonyl (C=O) groups is 3. The van der Waals surface area contributed by atoms with Gasteiger partial charge in [-0.3, -0.25) is 19.7 Å². The van der Waals surface area contributed by atoms with Crippen LogP contribution in [0.4, 0.5) is 10.1 Å². The number of halogens is 1. The lowest BCUT2D eigenvalue weighted by molar-refractivity contribution is -0.152. The van der Waals surface area contributed by atoms with Crippen LogP contribution in [0.25, 0.3) is 0 Å². The molecule has 0 aliphatic carbocycles. The Kier molecular flexibility index (Phi) is 5.00. The van der Waals surface area contributed by atoms with Gasteiger partial charge in [-0.15, -0.1) is 11.3 Å². The number of nitrogens with one attached hydrogen (secondary N) is 1.